The highest BCUT2D eigenvalue weighted by molar-refractivity contribution is 6.30. The van der Waals surface area contributed by atoms with Gasteiger partial charge in [0.2, 0.25) is 0 Å². The van der Waals surface area contributed by atoms with Crippen LogP contribution in [-0.4, -0.2) is 33.1 Å². The zero-order chi connectivity index (χ0) is 14.7. The standard InChI is InChI=1S/C14H17Cl2N3O/c1-18(9-14-17-7-13(16)19(14)2)8-12(20)10-4-3-5-11(15)6-10/h3-7,12,20H,8-9H2,1-2H3. The van der Waals surface area contributed by atoms with Crippen LogP contribution in [0.25, 0.3) is 0 Å². The van der Waals surface area contributed by atoms with Gasteiger partial charge in [0.1, 0.15) is 11.0 Å². The van der Waals surface area contributed by atoms with E-state index in [1.165, 1.54) is 0 Å². The SMILES string of the molecule is CN(Cc1ncc(Cl)n1C)CC(O)c1cccc(Cl)c1. The predicted molar refractivity (Wildman–Crippen MR) is 81.0 cm³/mol. The summed E-state index contributed by atoms with van der Waals surface area (Å²) in [4.78, 5) is 6.23. The van der Waals surface area contributed by atoms with Crippen molar-refractivity contribution in [1.82, 2.24) is 14.5 Å². The molecule has 1 heterocycles. The van der Waals surface area contributed by atoms with E-state index in [9.17, 15) is 5.11 Å². The molecule has 2 aromatic rings. The van der Waals surface area contributed by atoms with Crippen molar-refractivity contribution >= 4 is 23.2 Å². The van der Waals surface area contributed by atoms with Crippen LogP contribution < -0.4 is 0 Å². The summed E-state index contributed by atoms with van der Waals surface area (Å²) in [7, 11) is 3.79. The molecular weight excluding hydrogens is 297 g/mol. The van der Waals surface area contributed by atoms with Crippen LogP contribution in [0.3, 0.4) is 0 Å². The van der Waals surface area contributed by atoms with E-state index in [1.807, 2.05) is 35.7 Å². The topological polar surface area (TPSA) is 41.3 Å². The molecule has 6 heteroatoms. The second-order valence-electron chi connectivity index (χ2n) is 4.82. The van der Waals surface area contributed by atoms with Crippen LogP contribution in [0.2, 0.25) is 10.2 Å². The first-order chi connectivity index (χ1) is 9.47. The lowest BCUT2D eigenvalue weighted by Gasteiger charge is -2.20. The van der Waals surface area contributed by atoms with Crippen LogP contribution in [0, 0.1) is 0 Å². The van der Waals surface area contributed by atoms with Gasteiger partial charge in [0.15, 0.2) is 0 Å². The third-order valence-electron chi connectivity index (χ3n) is 3.16. The molecule has 0 aliphatic rings. The van der Waals surface area contributed by atoms with Crippen molar-refractivity contribution in [2.45, 2.75) is 12.6 Å². The van der Waals surface area contributed by atoms with Gasteiger partial charge >= 0.3 is 0 Å². The van der Waals surface area contributed by atoms with Gasteiger partial charge in [-0.3, -0.25) is 4.90 Å². The fraction of sp³-hybridized carbons (Fsp3) is 0.357. The zero-order valence-corrected chi connectivity index (χ0v) is 12.9. The molecule has 2 rings (SSSR count). The summed E-state index contributed by atoms with van der Waals surface area (Å²) >= 11 is 11.9. The van der Waals surface area contributed by atoms with Crippen molar-refractivity contribution in [3.05, 3.63) is 52.0 Å². The fourth-order valence-corrected chi connectivity index (χ4v) is 2.34. The first-order valence-corrected chi connectivity index (χ1v) is 7.01. The summed E-state index contributed by atoms with van der Waals surface area (Å²) in [5, 5.41) is 11.4. The van der Waals surface area contributed by atoms with E-state index in [4.69, 9.17) is 23.2 Å². The number of imidazole rings is 1. The van der Waals surface area contributed by atoms with E-state index in [0.29, 0.717) is 23.3 Å². The van der Waals surface area contributed by atoms with Gasteiger partial charge in [-0.05, 0) is 24.7 Å². The maximum absolute atomic E-state index is 10.2. The zero-order valence-electron chi connectivity index (χ0n) is 11.4. The Morgan fingerprint density at radius 1 is 1.40 bits per heavy atom. The quantitative estimate of drug-likeness (QED) is 0.922. The molecule has 0 aliphatic heterocycles. The van der Waals surface area contributed by atoms with E-state index in [1.54, 1.807) is 18.3 Å². The number of aliphatic hydroxyl groups excluding tert-OH is 1. The van der Waals surface area contributed by atoms with Crippen molar-refractivity contribution in [3.63, 3.8) is 0 Å². The number of aliphatic hydroxyl groups is 1. The van der Waals surface area contributed by atoms with Gasteiger partial charge in [-0.1, -0.05) is 35.3 Å². The Hall–Kier alpha value is -1.07. The molecule has 1 aromatic carbocycles. The van der Waals surface area contributed by atoms with Crippen LogP contribution >= 0.6 is 23.2 Å². The molecule has 0 amide bonds. The second-order valence-corrected chi connectivity index (χ2v) is 5.65. The van der Waals surface area contributed by atoms with Crippen molar-refractivity contribution in [3.8, 4) is 0 Å². The Kier molecular flexibility index (Phi) is 5.05. The molecular formula is C14H17Cl2N3O. The fourth-order valence-electron chi connectivity index (χ4n) is 1.99. The lowest BCUT2D eigenvalue weighted by Crippen LogP contribution is -2.25. The number of rotatable bonds is 5. The third kappa shape index (κ3) is 3.73. The third-order valence-corrected chi connectivity index (χ3v) is 3.74. The van der Waals surface area contributed by atoms with Gasteiger partial charge in [0.05, 0.1) is 18.8 Å². The summed E-state index contributed by atoms with van der Waals surface area (Å²) in [5.41, 5.74) is 0.808. The largest absolute Gasteiger partial charge is 0.387 e. The molecule has 1 aromatic heterocycles. The molecule has 0 saturated carbocycles. The minimum absolute atomic E-state index is 0.491. The average molecular weight is 314 g/mol. The Morgan fingerprint density at radius 3 is 2.75 bits per heavy atom. The summed E-state index contributed by atoms with van der Waals surface area (Å²) in [5.74, 6) is 0.857. The number of likely N-dealkylation sites (N-methyl/N-ethyl adjacent to an activating group) is 1. The van der Waals surface area contributed by atoms with Crippen LogP contribution in [0.5, 0.6) is 0 Å². The Bertz CT molecular complexity index is 586. The van der Waals surface area contributed by atoms with Crippen molar-refractivity contribution in [2.24, 2.45) is 7.05 Å². The molecule has 108 valence electrons. The monoisotopic (exact) mass is 313 g/mol. The van der Waals surface area contributed by atoms with Crippen molar-refractivity contribution < 1.29 is 5.11 Å². The van der Waals surface area contributed by atoms with E-state index >= 15 is 0 Å². The molecule has 1 unspecified atom stereocenters. The van der Waals surface area contributed by atoms with E-state index in [2.05, 4.69) is 4.98 Å². The molecule has 0 bridgehead atoms. The minimum Gasteiger partial charge on any atom is -0.387 e. The molecule has 0 fully saturated rings. The molecule has 0 spiro atoms. The lowest BCUT2D eigenvalue weighted by atomic mass is 10.1. The summed E-state index contributed by atoms with van der Waals surface area (Å²) in [6.45, 7) is 1.10. The maximum Gasteiger partial charge on any atom is 0.128 e. The van der Waals surface area contributed by atoms with Crippen LogP contribution in [0.1, 0.15) is 17.5 Å². The van der Waals surface area contributed by atoms with E-state index < -0.39 is 6.10 Å². The van der Waals surface area contributed by atoms with Crippen molar-refractivity contribution in [1.29, 1.82) is 0 Å². The normalized spacial score (nSPS) is 12.9. The number of halogens is 2. The highest BCUT2D eigenvalue weighted by Crippen LogP contribution is 2.19. The van der Waals surface area contributed by atoms with E-state index in [-0.39, 0.29) is 0 Å². The Labute approximate surface area is 128 Å². The molecule has 20 heavy (non-hydrogen) atoms. The summed E-state index contributed by atoms with van der Waals surface area (Å²) in [6.07, 6.45) is 1.03. The van der Waals surface area contributed by atoms with Gasteiger partial charge in [0.25, 0.3) is 0 Å². The highest BCUT2D eigenvalue weighted by Gasteiger charge is 2.13. The predicted octanol–water partition coefficient (Wildman–Crippen LogP) is 2.89. The first kappa shape index (κ1) is 15.3. The van der Waals surface area contributed by atoms with Crippen LogP contribution in [0.15, 0.2) is 30.5 Å². The molecule has 4 nitrogen and oxygen atoms in total. The van der Waals surface area contributed by atoms with Gasteiger partial charge < -0.3 is 9.67 Å². The highest BCUT2D eigenvalue weighted by atomic mass is 35.5. The molecule has 1 N–H and O–H groups in total. The smallest absolute Gasteiger partial charge is 0.128 e. The number of nitrogens with zero attached hydrogens (tertiary/aromatic N) is 3. The maximum atomic E-state index is 10.2. The van der Waals surface area contributed by atoms with Crippen LogP contribution in [-0.2, 0) is 13.6 Å². The minimum atomic E-state index is -0.588. The first-order valence-electron chi connectivity index (χ1n) is 6.25. The molecule has 0 saturated heterocycles. The van der Waals surface area contributed by atoms with Crippen LogP contribution in [0.4, 0.5) is 0 Å². The van der Waals surface area contributed by atoms with Gasteiger partial charge in [0, 0.05) is 18.6 Å². The molecule has 0 radical (unpaired) electrons. The second kappa shape index (κ2) is 6.59. The Balaban J connectivity index is 1.97. The van der Waals surface area contributed by atoms with Gasteiger partial charge in [-0.25, -0.2) is 4.98 Å². The van der Waals surface area contributed by atoms with E-state index in [0.717, 1.165) is 11.4 Å². The van der Waals surface area contributed by atoms with Crippen molar-refractivity contribution in [2.75, 3.05) is 13.6 Å². The summed E-state index contributed by atoms with van der Waals surface area (Å²) < 4.78 is 1.82. The average Bonchev–Trinajstić information content (AvgIpc) is 2.70. The number of hydrogen-bond acceptors (Lipinski definition) is 3. The number of aromatic nitrogens is 2. The Morgan fingerprint density at radius 2 is 2.15 bits per heavy atom. The summed E-state index contributed by atoms with van der Waals surface area (Å²) in [6, 6.07) is 7.26. The molecule has 1 atom stereocenters. The van der Waals surface area contributed by atoms with Gasteiger partial charge in [-0.2, -0.15) is 0 Å². The van der Waals surface area contributed by atoms with Gasteiger partial charge in [-0.15, -0.1) is 0 Å². The molecule has 0 aliphatic carbocycles. The lowest BCUT2D eigenvalue weighted by molar-refractivity contribution is 0.122. The number of hydrogen-bond donors (Lipinski definition) is 1. The number of benzene rings is 1.